The summed E-state index contributed by atoms with van der Waals surface area (Å²) in [6.45, 7) is 4.79. The van der Waals surface area contributed by atoms with Gasteiger partial charge in [0.15, 0.2) is 0 Å². The minimum absolute atomic E-state index is 0.0625. The van der Waals surface area contributed by atoms with Crippen molar-refractivity contribution in [3.63, 3.8) is 0 Å². The third-order valence-corrected chi connectivity index (χ3v) is 1.89. The summed E-state index contributed by atoms with van der Waals surface area (Å²) in [6.07, 6.45) is 3.40. The summed E-state index contributed by atoms with van der Waals surface area (Å²) in [6, 6.07) is 0. The Hall–Kier alpha value is -1.46. The molecule has 0 aliphatic carbocycles. The van der Waals surface area contributed by atoms with Gasteiger partial charge in [0.05, 0.1) is 6.54 Å². The van der Waals surface area contributed by atoms with Crippen LogP contribution in [0.2, 0.25) is 0 Å². The van der Waals surface area contributed by atoms with E-state index in [-0.39, 0.29) is 5.91 Å². The van der Waals surface area contributed by atoms with Crippen LogP contribution in [0.3, 0.4) is 0 Å². The molecule has 0 aliphatic rings. The number of nitrogens with one attached hydrogen (secondary N) is 1. The minimum Gasteiger partial charge on any atom is -0.292 e. The molecule has 15 heavy (non-hydrogen) atoms. The van der Waals surface area contributed by atoms with E-state index in [0.29, 0.717) is 12.4 Å². The third-order valence-electron chi connectivity index (χ3n) is 1.89. The molecule has 1 aromatic heterocycles. The summed E-state index contributed by atoms with van der Waals surface area (Å²) < 4.78 is 0. The Bertz CT molecular complexity index is 309. The molecule has 0 spiro atoms. The molecule has 0 fully saturated rings. The number of hydrogen-bond donors (Lipinski definition) is 1. The van der Waals surface area contributed by atoms with E-state index in [2.05, 4.69) is 27.7 Å². The fourth-order valence-electron chi connectivity index (χ4n) is 1.10. The van der Waals surface area contributed by atoms with Crippen LogP contribution >= 0.6 is 0 Å². The van der Waals surface area contributed by atoms with Crippen molar-refractivity contribution in [2.75, 3.05) is 5.32 Å². The summed E-state index contributed by atoms with van der Waals surface area (Å²) in [7, 11) is 0. The van der Waals surface area contributed by atoms with Crippen LogP contribution in [-0.4, -0.2) is 26.1 Å². The van der Waals surface area contributed by atoms with Crippen molar-refractivity contribution in [1.29, 1.82) is 0 Å². The molecule has 0 atom stereocenters. The van der Waals surface area contributed by atoms with E-state index in [1.165, 1.54) is 4.80 Å². The van der Waals surface area contributed by atoms with Crippen LogP contribution in [-0.2, 0) is 11.3 Å². The highest BCUT2D eigenvalue weighted by atomic mass is 16.1. The number of amides is 1. The molecular formula is C9H17N5O. The van der Waals surface area contributed by atoms with Gasteiger partial charge in [-0.05, 0) is 18.1 Å². The van der Waals surface area contributed by atoms with E-state index < -0.39 is 0 Å². The third kappa shape index (κ3) is 4.05. The van der Waals surface area contributed by atoms with Gasteiger partial charge in [-0.15, -0.1) is 5.10 Å². The van der Waals surface area contributed by atoms with Gasteiger partial charge >= 0.3 is 0 Å². The van der Waals surface area contributed by atoms with Crippen LogP contribution in [0.4, 0.5) is 5.95 Å². The van der Waals surface area contributed by atoms with Gasteiger partial charge in [0.1, 0.15) is 0 Å². The van der Waals surface area contributed by atoms with Gasteiger partial charge in [0, 0.05) is 6.42 Å². The van der Waals surface area contributed by atoms with E-state index in [1.807, 2.05) is 6.92 Å². The zero-order valence-corrected chi connectivity index (χ0v) is 9.23. The van der Waals surface area contributed by atoms with Crippen molar-refractivity contribution in [2.24, 2.45) is 0 Å². The van der Waals surface area contributed by atoms with Gasteiger partial charge in [-0.25, -0.2) is 0 Å². The average Bonchev–Trinajstić information content (AvgIpc) is 2.63. The standard InChI is InChI=1S/C9H17N5O/c1-3-5-7-14-12-9(11-13-14)10-8(15)6-4-2/h3-7H2,1-2H3,(H,10,12,15). The molecule has 0 aliphatic heterocycles. The predicted octanol–water partition coefficient (Wildman–Crippen LogP) is 1.21. The fraction of sp³-hybridized carbons (Fsp3) is 0.778. The monoisotopic (exact) mass is 211 g/mol. The van der Waals surface area contributed by atoms with Gasteiger partial charge in [-0.2, -0.15) is 4.80 Å². The first-order valence-corrected chi connectivity index (χ1v) is 5.34. The van der Waals surface area contributed by atoms with E-state index in [1.54, 1.807) is 0 Å². The molecule has 1 aromatic rings. The Morgan fingerprint density at radius 3 is 2.87 bits per heavy atom. The van der Waals surface area contributed by atoms with Crippen molar-refractivity contribution in [3.8, 4) is 0 Å². The average molecular weight is 211 g/mol. The molecule has 0 saturated heterocycles. The Morgan fingerprint density at radius 1 is 1.40 bits per heavy atom. The van der Waals surface area contributed by atoms with Crippen molar-refractivity contribution >= 4 is 11.9 Å². The highest BCUT2D eigenvalue weighted by Crippen LogP contribution is 1.98. The number of carbonyl (C=O) groups is 1. The summed E-state index contributed by atoms with van der Waals surface area (Å²) in [5.41, 5.74) is 0. The number of carbonyl (C=O) groups excluding carboxylic acids is 1. The normalized spacial score (nSPS) is 10.3. The van der Waals surface area contributed by atoms with Gasteiger partial charge in [-0.3, -0.25) is 10.1 Å². The van der Waals surface area contributed by atoms with Gasteiger partial charge in [0.2, 0.25) is 5.91 Å². The molecular weight excluding hydrogens is 194 g/mol. The molecule has 0 bridgehead atoms. The molecule has 0 aromatic carbocycles. The number of unbranched alkanes of at least 4 members (excludes halogenated alkanes) is 1. The van der Waals surface area contributed by atoms with Crippen LogP contribution < -0.4 is 5.32 Å². The number of aryl methyl sites for hydroxylation is 1. The molecule has 1 amide bonds. The van der Waals surface area contributed by atoms with Crippen molar-refractivity contribution < 1.29 is 4.79 Å². The topological polar surface area (TPSA) is 72.7 Å². The lowest BCUT2D eigenvalue weighted by molar-refractivity contribution is -0.116. The first-order valence-electron chi connectivity index (χ1n) is 5.34. The van der Waals surface area contributed by atoms with Crippen LogP contribution in [0, 0.1) is 0 Å². The zero-order chi connectivity index (χ0) is 11.1. The number of anilines is 1. The smallest absolute Gasteiger partial charge is 0.270 e. The molecule has 84 valence electrons. The molecule has 0 unspecified atom stereocenters. The largest absolute Gasteiger partial charge is 0.292 e. The Balaban J connectivity index is 2.42. The van der Waals surface area contributed by atoms with Crippen LogP contribution in [0.15, 0.2) is 0 Å². The van der Waals surface area contributed by atoms with E-state index in [9.17, 15) is 4.79 Å². The van der Waals surface area contributed by atoms with E-state index in [0.717, 1.165) is 25.8 Å². The van der Waals surface area contributed by atoms with E-state index in [4.69, 9.17) is 0 Å². The predicted molar refractivity (Wildman–Crippen MR) is 56.3 cm³/mol. The Morgan fingerprint density at radius 2 is 2.20 bits per heavy atom. The van der Waals surface area contributed by atoms with Crippen LogP contribution in [0.25, 0.3) is 0 Å². The first kappa shape index (κ1) is 11.6. The lowest BCUT2D eigenvalue weighted by Gasteiger charge is -1.97. The zero-order valence-electron chi connectivity index (χ0n) is 9.23. The summed E-state index contributed by atoms with van der Waals surface area (Å²) in [4.78, 5) is 12.7. The second-order valence-corrected chi connectivity index (χ2v) is 3.36. The molecule has 1 N–H and O–H groups in total. The summed E-state index contributed by atoms with van der Waals surface area (Å²) >= 11 is 0. The summed E-state index contributed by atoms with van der Waals surface area (Å²) in [5.74, 6) is 0.233. The van der Waals surface area contributed by atoms with Crippen molar-refractivity contribution in [3.05, 3.63) is 0 Å². The van der Waals surface area contributed by atoms with Gasteiger partial charge in [-0.1, -0.05) is 25.4 Å². The van der Waals surface area contributed by atoms with E-state index >= 15 is 0 Å². The second kappa shape index (κ2) is 6.10. The fourth-order valence-corrected chi connectivity index (χ4v) is 1.10. The maximum Gasteiger partial charge on any atom is 0.270 e. The quantitative estimate of drug-likeness (QED) is 0.767. The van der Waals surface area contributed by atoms with Gasteiger partial charge < -0.3 is 0 Å². The van der Waals surface area contributed by atoms with Crippen LogP contribution in [0.5, 0.6) is 0 Å². The highest BCUT2D eigenvalue weighted by Gasteiger charge is 2.05. The molecule has 1 rings (SSSR count). The maximum absolute atomic E-state index is 11.2. The van der Waals surface area contributed by atoms with Crippen molar-refractivity contribution in [1.82, 2.24) is 20.2 Å². The minimum atomic E-state index is -0.0625. The number of aromatic nitrogens is 4. The van der Waals surface area contributed by atoms with Crippen molar-refractivity contribution in [2.45, 2.75) is 46.1 Å². The Kier molecular flexibility index (Phi) is 4.73. The highest BCUT2D eigenvalue weighted by molar-refractivity contribution is 5.88. The Labute approximate surface area is 89.0 Å². The van der Waals surface area contributed by atoms with Gasteiger partial charge in [0.25, 0.3) is 5.95 Å². The number of nitrogens with zero attached hydrogens (tertiary/aromatic N) is 4. The number of tetrazole rings is 1. The molecule has 6 heteroatoms. The molecule has 6 nitrogen and oxygen atoms in total. The second-order valence-electron chi connectivity index (χ2n) is 3.36. The number of rotatable bonds is 6. The van der Waals surface area contributed by atoms with Crippen LogP contribution in [0.1, 0.15) is 39.5 Å². The maximum atomic E-state index is 11.2. The number of hydrogen-bond acceptors (Lipinski definition) is 4. The first-order chi connectivity index (χ1) is 7.26. The summed E-state index contributed by atoms with van der Waals surface area (Å²) in [5, 5.41) is 14.2. The molecule has 0 radical (unpaired) electrons. The molecule has 1 heterocycles. The SMILES string of the molecule is CCCCn1nnc(NC(=O)CCC)n1. The molecule has 0 saturated carbocycles. The lowest BCUT2D eigenvalue weighted by Crippen LogP contribution is -2.12. The lowest BCUT2D eigenvalue weighted by atomic mass is 10.3.